The van der Waals surface area contributed by atoms with Crippen molar-refractivity contribution in [3.63, 3.8) is 0 Å². The number of rotatable bonds is 7. The molecule has 0 spiro atoms. The van der Waals surface area contributed by atoms with Crippen molar-refractivity contribution in [2.45, 2.75) is 39.5 Å². The van der Waals surface area contributed by atoms with Gasteiger partial charge in [-0.3, -0.25) is 9.79 Å². The van der Waals surface area contributed by atoms with Gasteiger partial charge in [0.05, 0.1) is 12.0 Å². The number of carbonyl (C=O) groups excluding carboxylic acids is 1. The Morgan fingerprint density at radius 2 is 1.95 bits per heavy atom. The minimum Gasteiger partial charge on any atom is -0.396 e. The van der Waals surface area contributed by atoms with E-state index in [1.807, 2.05) is 27.9 Å². The summed E-state index contributed by atoms with van der Waals surface area (Å²) in [6, 6.07) is 0. The van der Waals surface area contributed by atoms with Crippen molar-refractivity contribution in [2.24, 2.45) is 16.3 Å². The van der Waals surface area contributed by atoms with E-state index in [1.54, 1.807) is 4.90 Å². The number of amides is 1. The van der Waals surface area contributed by atoms with Gasteiger partial charge in [0.15, 0.2) is 5.96 Å². The minimum absolute atomic E-state index is 0.148. The molecule has 1 aliphatic carbocycles. The zero-order valence-corrected chi connectivity index (χ0v) is 14.5. The van der Waals surface area contributed by atoms with Gasteiger partial charge in [-0.25, -0.2) is 0 Å². The van der Waals surface area contributed by atoms with Crippen LogP contribution in [0.25, 0.3) is 0 Å². The lowest BCUT2D eigenvalue weighted by Crippen LogP contribution is -2.43. The molecule has 0 radical (unpaired) electrons. The molecule has 22 heavy (non-hydrogen) atoms. The maximum Gasteiger partial charge on any atom is 0.230 e. The van der Waals surface area contributed by atoms with Crippen LogP contribution in [0.1, 0.15) is 39.5 Å². The average molecular weight is 312 g/mol. The van der Waals surface area contributed by atoms with Gasteiger partial charge in [-0.2, -0.15) is 0 Å². The zero-order valence-electron chi connectivity index (χ0n) is 14.5. The highest BCUT2D eigenvalue weighted by Gasteiger charge is 2.41. The number of aliphatic imine (C=N–C) groups is 1. The highest BCUT2D eigenvalue weighted by Crippen LogP contribution is 2.39. The third-order valence-corrected chi connectivity index (χ3v) is 4.23. The molecule has 0 aromatic rings. The SMILES string of the molecule is CCNC(=NCC1(C(=O)N(C)C)CCCC1)NCC(C)CO. The Balaban J connectivity index is 2.74. The maximum atomic E-state index is 12.5. The van der Waals surface area contributed by atoms with Crippen LogP contribution >= 0.6 is 0 Å². The number of nitrogens with zero attached hydrogens (tertiary/aromatic N) is 2. The number of aliphatic hydroxyl groups is 1. The molecule has 0 saturated heterocycles. The van der Waals surface area contributed by atoms with E-state index in [0.29, 0.717) is 13.1 Å². The van der Waals surface area contributed by atoms with E-state index >= 15 is 0 Å². The summed E-state index contributed by atoms with van der Waals surface area (Å²) in [6.07, 6.45) is 4.03. The Morgan fingerprint density at radius 3 is 2.45 bits per heavy atom. The number of aliphatic hydroxyl groups excluding tert-OH is 1. The lowest BCUT2D eigenvalue weighted by Gasteiger charge is -2.29. The highest BCUT2D eigenvalue weighted by atomic mass is 16.3. The summed E-state index contributed by atoms with van der Waals surface area (Å²) < 4.78 is 0. The van der Waals surface area contributed by atoms with Crippen molar-refractivity contribution in [3.8, 4) is 0 Å². The smallest absolute Gasteiger partial charge is 0.230 e. The standard InChI is InChI=1S/C16H32N4O2/c1-5-17-15(18-10-13(2)11-21)19-12-16(8-6-7-9-16)14(22)20(3)4/h13,21H,5-12H2,1-4H3,(H2,17,18,19). The number of nitrogens with one attached hydrogen (secondary N) is 2. The molecule has 0 bridgehead atoms. The largest absolute Gasteiger partial charge is 0.396 e. The fourth-order valence-corrected chi connectivity index (χ4v) is 2.87. The molecule has 0 aromatic carbocycles. The second-order valence-corrected chi connectivity index (χ2v) is 6.55. The summed E-state index contributed by atoms with van der Waals surface area (Å²) in [5.41, 5.74) is -0.339. The molecule has 1 unspecified atom stereocenters. The predicted molar refractivity (Wildman–Crippen MR) is 89.8 cm³/mol. The van der Waals surface area contributed by atoms with Gasteiger partial charge in [0.25, 0.3) is 0 Å². The van der Waals surface area contributed by atoms with E-state index in [1.165, 1.54) is 0 Å². The Hall–Kier alpha value is -1.30. The zero-order chi connectivity index (χ0) is 16.6. The van der Waals surface area contributed by atoms with Crippen molar-refractivity contribution < 1.29 is 9.90 Å². The molecule has 6 nitrogen and oxygen atoms in total. The van der Waals surface area contributed by atoms with Gasteiger partial charge in [-0.05, 0) is 25.7 Å². The second-order valence-electron chi connectivity index (χ2n) is 6.55. The first-order valence-corrected chi connectivity index (χ1v) is 8.30. The van der Waals surface area contributed by atoms with Gasteiger partial charge < -0.3 is 20.6 Å². The first-order valence-electron chi connectivity index (χ1n) is 8.30. The third-order valence-electron chi connectivity index (χ3n) is 4.23. The number of hydrogen-bond acceptors (Lipinski definition) is 3. The minimum atomic E-state index is -0.339. The van der Waals surface area contributed by atoms with Gasteiger partial charge in [0.2, 0.25) is 5.91 Å². The molecule has 6 heteroatoms. The van der Waals surface area contributed by atoms with Crippen LogP contribution in [0.4, 0.5) is 0 Å². The predicted octanol–water partition coefficient (Wildman–Crippen LogP) is 0.819. The summed E-state index contributed by atoms with van der Waals surface area (Å²) >= 11 is 0. The summed E-state index contributed by atoms with van der Waals surface area (Å²) in [4.78, 5) is 18.9. The van der Waals surface area contributed by atoms with Crippen LogP contribution in [0.3, 0.4) is 0 Å². The fourth-order valence-electron chi connectivity index (χ4n) is 2.87. The van der Waals surface area contributed by atoms with E-state index in [0.717, 1.165) is 38.2 Å². The van der Waals surface area contributed by atoms with Crippen molar-refractivity contribution in [1.29, 1.82) is 0 Å². The topological polar surface area (TPSA) is 77.0 Å². The molecule has 1 aliphatic rings. The molecule has 1 atom stereocenters. The van der Waals surface area contributed by atoms with E-state index in [9.17, 15) is 4.79 Å². The number of carbonyl (C=O) groups is 1. The van der Waals surface area contributed by atoms with Gasteiger partial charge in [0.1, 0.15) is 0 Å². The quantitative estimate of drug-likeness (QED) is 0.480. The van der Waals surface area contributed by atoms with E-state index in [4.69, 9.17) is 5.11 Å². The Kier molecular flexibility index (Phi) is 7.65. The Morgan fingerprint density at radius 1 is 1.32 bits per heavy atom. The van der Waals surface area contributed by atoms with Crippen molar-refractivity contribution in [2.75, 3.05) is 40.3 Å². The van der Waals surface area contributed by atoms with Crippen molar-refractivity contribution in [3.05, 3.63) is 0 Å². The number of guanidine groups is 1. The molecule has 1 saturated carbocycles. The van der Waals surface area contributed by atoms with Crippen LogP contribution < -0.4 is 10.6 Å². The van der Waals surface area contributed by atoms with Gasteiger partial charge in [-0.15, -0.1) is 0 Å². The fraction of sp³-hybridized carbons (Fsp3) is 0.875. The van der Waals surface area contributed by atoms with Crippen LogP contribution in [0, 0.1) is 11.3 Å². The first-order chi connectivity index (χ1) is 10.4. The molecule has 3 N–H and O–H groups in total. The van der Waals surface area contributed by atoms with E-state index in [-0.39, 0.29) is 23.8 Å². The molecule has 1 fully saturated rings. The normalized spacial score (nSPS) is 18.9. The molecule has 0 aromatic heterocycles. The summed E-state index contributed by atoms with van der Waals surface area (Å²) in [6.45, 7) is 6.10. The van der Waals surface area contributed by atoms with E-state index < -0.39 is 0 Å². The lowest BCUT2D eigenvalue weighted by molar-refractivity contribution is -0.138. The summed E-state index contributed by atoms with van der Waals surface area (Å²) in [5.74, 6) is 1.08. The third kappa shape index (κ3) is 5.16. The van der Waals surface area contributed by atoms with Crippen LogP contribution in [-0.4, -0.2) is 62.2 Å². The van der Waals surface area contributed by atoms with Crippen molar-refractivity contribution in [1.82, 2.24) is 15.5 Å². The van der Waals surface area contributed by atoms with E-state index in [2.05, 4.69) is 15.6 Å². The molecular formula is C16H32N4O2. The highest BCUT2D eigenvalue weighted by molar-refractivity contribution is 5.84. The molecule has 128 valence electrons. The second kappa shape index (κ2) is 8.98. The average Bonchev–Trinajstić information content (AvgIpc) is 2.98. The van der Waals surface area contributed by atoms with Crippen LogP contribution in [0.2, 0.25) is 0 Å². The maximum absolute atomic E-state index is 12.5. The Labute approximate surface area is 134 Å². The van der Waals surface area contributed by atoms with Crippen molar-refractivity contribution >= 4 is 11.9 Å². The van der Waals surface area contributed by atoms with Crippen LogP contribution in [0.15, 0.2) is 4.99 Å². The molecule has 1 amide bonds. The van der Waals surface area contributed by atoms with Crippen LogP contribution in [0.5, 0.6) is 0 Å². The van der Waals surface area contributed by atoms with Gasteiger partial charge >= 0.3 is 0 Å². The van der Waals surface area contributed by atoms with Gasteiger partial charge in [0, 0.05) is 33.8 Å². The molecule has 1 rings (SSSR count). The van der Waals surface area contributed by atoms with Crippen LogP contribution in [-0.2, 0) is 4.79 Å². The monoisotopic (exact) mass is 312 g/mol. The molecule has 0 heterocycles. The number of hydrogen-bond donors (Lipinski definition) is 3. The lowest BCUT2D eigenvalue weighted by atomic mass is 9.85. The summed E-state index contributed by atoms with van der Waals surface area (Å²) in [5, 5.41) is 15.5. The summed E-state index contributed by atoms with van der Waals surface area (Å²) in [7, 11) is 3.64. The first kappa shape index (κ1) is 18.7. The Bertz CT molecular complexity index is 376. The molecular weight excluding hydrogens is 280 g/mol. The van der Waals surface area contributed by atoms with Gasteiger partial charge in [-0.1, -0.05) is 19.8 Å². The molecule has 0 aliphatic heterocycles.